The predicted octanol–water partition coefficient (Wildman–Crippen LogP) is 2.61. The predicted molar refractivity (Wildman–Crippen MR) is 84.5 cm³/mol. The van der Waals surface area contributed by atoms with Crippen LogP contribution >= 0.6 is 11.8 Å². The molecule has 120 valence electrons. The molecule has 1 saturated heterocycles. The number of ether oxygens (including phenoxy) is 2. The van der Waals surface area contributed by atoms with Crippen molar-refractivity contribution in [2.45, 2.75) is 43.5 Å². The monoisotopic (exact) mass is 323 g/mol. The number of carbonyl (C=O) groups is 2. The fourth-order valence-electron chi connectivity index (χ4n) is 2.87. The van der Waals surface area contributed by atoms with E-state index in [1.807, 2.05) is 30.5 Å². The Morgan fingerprint density at radius 3 is 2.32 bits per heavy atom. The van der Waals surface area contributed by atoms with Crippen LogP contribution in [0.1, 0.15) is 32.4 Å². The number of esters is 1. The maximum atomic E-state index is 12.2. The standard InChI is InChI=1S/C16H21NO4S/c1-10(18)17-13(15(19)20-4)14(21-16(17,2)3)11-6-8-12(22-5)9-7-11/h6-9,13-14H,1-5H3/t13-,14-/m0/s1. The highest BCUT2D eigenvalue weighted by atomic mass is 32.2. The van der Waals surface area contributed by atoms with Crippen LogP contribution in [0.25, 0.3) is 0 Å². The lowest BCUT2D eigenvalue weighted by Gasteiger charge is -2.31. The van der Waals surface area contributed by atoms with Crippen molar-refractivity contribution < 1.29 is 19.1 Å². The van der Waals surface area contributed by atoms with E-state index >= 15 is 0 Å². The third-order valence-electron chi connectivity index (χ3n) is 3.79. The molecule has 1 aliphatic rings. The molecule has 0 saturated carbocycles. The summed E-state index contributed by atoms with van der Waals surface area (Å²) in [5.41, 5.74) is -0.0157. The molecule has 1 aliphatic heterocycles. The summed E-state index contributed by atoms with van der Waals surface area (Å²) in [6.07, 6.45) is 1.46. The fraction of sp³-hybridized carbons (Fsp3) is 0.500. The van der Waals surface area contributed by atoms with Crippen molar-refractivity contribution in [3.63, 3.8) is 0 Å². The molecule has 0 bridgehead atoms. The first-order valence-electron chi connectivity index (χ1n) is 7.01. The second-order valence-corrected chi connectivity index (χ2v) is 6.50. The number of amides is 1. The Balaban J connectivity index is 2.43. The number of hydrogen-bond acceptors (Lipinski definition) is 5. The molecule has 0 aromatic heterocycles. The first kappa shape index (κ1) is 16.8. The Labute approximate surface area is 135 Å². The van der Waals surface area contributed by atoms with Gasteiger partial charge in [0.1, 0.15) is 11.8 Å². The lowest BCUT2D eigenvalue weighted by molar-refractivity contribution is -0.155. The van der Waals surface area contributed by atoms with Gasteiger partial charge in [0.15, 0.2) is 6.04 Å². The van der Waals surface area contributed by atoms with Crippen LogP contribution in [-0.4, -0.2) is 41.9 Å². The smallest absolute Gasteiger partial charge is 0.331 e. The Bertz CT molecular complexity index is 570. The molecule has 0 radical (unpaired) electrons. The van der Waals surface area contributed by atoms with Crippen molar-refractivity contribution in [3.8, 4) is 0 Å². The first-order valence-corrected chi connectivity index (χ1v) is 8.24. The van der Waals surface area contributed by atoms with Gasteiger partial charge >= 0.3 is 5.97 Å². The zero-order valence-corrected chi connectivity index (χ0v) is 14.3. The molecule has 22 heavy (non-hydrogen) atoms. The van der Waals surface area contributed by atoms with Crippen molar-refractivity contribution in [3.05, 3.63) is 29.8 Å². The van der Waals surface area contributed by atoms with E-state index in [2.05, 4.69) is 0 Å². The van der Waals surface area contributed by atoms with Gasteiger partial charge in [0.2, 0.25) is 5.91 Å². The summed E-state index contributed by atoms with van der Waals surface area (Å²) in [6, 6.07) is 7.01. The molecule has 1 aromatic rings. The molecule has 1 heterocycles. The van der Waals surface area contributed by atoms with Gasteiger partial charge in [-0.15, -0.1) is 11.8 Å². The van der Waals surface area contributed by atoms with Gasteiger partial charge in [-0.1, -0.05) is 12.1 Å². The molecule has 2 rings (SSSR count). The molecule has 1 fully saturated rings. The summed E-state index contributed by atoms with van der Waals surface area (Å²) in [5, 5.41) is 0. The third-order valence-corrected chi connectivity index (χ3v) is 4.53. The van der Waals surface area contributed by atoms with Gasteiger partial charge < -0.3 is 9.47 Å². The van der Waals surface area contributed by atoms with Crippen molar-refractivity contribution in [2.75, 3.05) is 13.4 Å². The SMILES string of the molecule is COC(=O)[C@@H]1[C@H](c2ccc(SC)cc2)OC(C)(C)N1C(C)=O. The molecule has 5 nitrogen and oxygen atoms in total. The van der Waals surface area contributed by atoms with Gasteiger partial charge in [-0.2, -0.15) is 0 Å². The molecule has 0 aliphatic carbocycles. The van der Waals surface area contributed by atoms with Gasteiger partial charge in [0, 0.05) is 11.8 Å². The van der Waals surface area contributed by atoms with E-state index in [9.17, 15) is 9.59 Å². The minimum atomic E-state index is -0.868. The van der Waals surface area contributed by atoms with E-state index in [0.717, 1.165) is 10.5 Å². The lowest BCUT2D eigenvalue weighted by Crippen LogP contribution is -2.50. The molecular weight excluding hydrogens is 302 g/mol. The number of nitrogens with zero attached hydrogens (tertiary/aromatic N) is 1. The summed E-state index contributed by atoms with van der Waals surface area (Å²) in [7, 11) is 1.32. The highest BCUT2D eigenvalue weighted by molar-refractivity contribution is 7.98. The molecule has 6 heteroatoms. The van der Waals surface area contributed by atoms with Crippen molar-refractivity contribution in [1.82, 2.24) is 4.90 Å². The van der Waals surface area contributed by atoms with Crippen molar-refractivity contribution in [1.29, 1.82) is 0 Å². The quantitative estimate of drug-likeness (QED) is 0.632. The van der Waals surface area contributed by atoms with Crippen LogP contribution in [0.4, 0.5) is 0 Å². The van der Waals surface area contributed by atoms with Gasteiger partial charge in [-0.25, -0.2) is 4.79 Å². The zero-order valence-electron chi connectivity index (χ0n) is 13.5. The molecule has 2 atom stereocenters. The topological polar surface area (TPSA) is 55.8 Å². The molecule has 1 amide bonds. The number of benzene rings is 1. The molecule has 0 spiro atoms. The van der Waals surface area contributed by atoms with Gasteiger partial charge in [0.25, 0.3) is 0 Å². The molecule has 0 N–H and O–H groups in total. The van der Waals surface area contributed by atoms with E-state index in [0.29, 0.717) is 0 Å². The second-order valence-electron chi connectivity index (χ2n) is 5.62. The maximum absolute atomic E-state index is 12.2. The summed E-state index contributed by atoms with van der Waals surface area (Å²) < 4.78 is 10.9. The number of carbonyl (C=O) groups excluding carboxylic acids is 2. The van der Waals surface area contributed by atoms with E-state index in [1.165, 1.54) is 18.9 Å². The number of rotatable bonds is 3. The van der Waals surface area contributed by atoms with Crippen molar-refractivity contribution >= 4 is 23.6 Å². The van der Waals surface area contributed by atoms with E-state index in [1.54, 1.807) is 25.6 Å². The number of hydrogen-bond donors (Lipinski definition) is 0. The minimum Gasteiger partial charge on any atom is -0.467 e. The van der Waals surface area contributed by atoms with Crippen LogP contribution in [0.3, 0.4) is 0 Å². The lowest BCUT2D eigenvalue weighted by atomic mass is 10.0. The minimum absolute atomic E-state index is 0.219. The maximum Gasteiger partial charge on any atom is 0.331 e. The Morgan fingerprint density at radius 1 is 1.27 bits per heavy atom. The Morgan fingerprint density at radius 2 is 1.86 bits per heavy atom. The largest absolute Gasteiger partial charge is 0.467 e. The third kappa shape index (κ3) is 2.98. The normalized spacial score (nSPS) is 23.4. The van der Waals surface area contributed by atoms with Crippen LogP contribution in [-0.2, 0) is 19.1 Å². The van der Waals surface area contributed by atoms with E-state index in [-0.39, 0.29) is 5.91 Å². The molecule has 0 unspecified atom stereocenters. The Hall–Kier alpha value is -1.53. The van der Waals surface area contributed by atoms with Crippen LogP contribution in [0.5, 0.6) is 0 Å². The van der Waals surface area contributed by atoms with Crippen LogP contribution in [0, 0.1) is 0 Å². The summed E-state index contributed by atoms with van der Waals surface area (Å²) in [6.45, 7) is 4.99. The average molecular weight is 323 g/mol. The molecule has 1 aromatic carbocycles. The second kappa shape index (κ2) is 6.30. The van der Waals surface area contributed by atoms with Gasteiger partial charge in [-0.05, 0) is 37.8 Å². The number of methoxy groups -OCH3 is 1. The van der Waals surface area contributed by atoms with Crippen molar-refractivity contribution in [2.24, 2.45) is 0 Å². The highest BCUT2D eigenvalue weighted by Gasteiger charge is 2.53. The van der Waals surface area contributed by atoms with Crippen LogP contribution < -0.4 is 0 Å². The first-order chi connectivity index (χ1) is 10.3. The molecular formula is C16H21NO4S. The average Bonchev–Trinajstić information content (AvgIpc) is 2.78. The van der Waals surface area contributed by atoms with Gasteiger partial charge in [-0.3, -0.25) is 9.69 Å². The Kier molecular flexibility index (Phi) is 4.82. The number of thioether (sulfide) groups is 1. The van der Waals surface area contributed by atoms with E-state index in [4.69, 9.17) is 9.47 Å². The zero-order chi connectivity index (χ0) is 16.5. The van der Waals surface area contributed by atoms with Crippen LogP contribution in [0.2, 0.25) is 0 Å². The van der Waals surface area contributed by atoms with Crippen LogP contribution in [0.15, 0.2) is 29.2 Å². The highest BCUT2D eigenvalue weighted by Crippen LogP contribution is 2.41. The fourth-order valence-corrected chi connectivity index (χ4v) is 3.28. The van der Waals surface area contributed by atoms with Gasteiger partial charge in [0.05, 0.1) is 7.11 Å². The summed E-state index contributed by atoms with van der Waals surface area (Å²) in [4.78, 5) is 26.8. The summed E-state index contributed by atoms with van der Waals surface area (Å²) in [5.74, 6) is -0.691. The van der Waals surface area contributed by atoms with E-state index < -0.39 is 23.8 Å². The summed E-state index contributed by atoms with van der Waals surface area (Å²) >= 11 is 1.64.